The van der Waals surface area contributed by atoms with Crippen LogP contribution in [0.1, 0.15) is 23.8 Å². The highest BCUT2D eigenvalue weighted by atomic mass is 16.5. The van der Waals surface area contributed by atoms with E-state index >= 15 is 0 Å². The molecule has 1 aliphatic heterocycles. The molecule has 2 heterocycles. The Balaban J connectivity index is 2.06. The number of carbonyl (C=O) groups excluding carboxylic acids is 1. The molecule has 0 radical (unpaired) electrons. The van der Waals surface area contributed by atoms with Crippen molar-refractivity contribution in [3.05, 3.63) is 18.1 Å². The highest BCUT2D eigenvalue weighted by molar-refractivity contribution is 5.92. The van der Waals surface area contributed by atoms with Gasteiger partial charge >= 0.3 is 0 Å². The zero-order valence-corrected chi connectivity index (χ0v) is 10.6. The van der Waals surface area contributed by atoms with Gasteiger partial charge in [0.1, 0.15) is 17.8 Å². The van der Waals surface area contributed by atoms with Gasteiger partial charge in [0.05, 0.1) is 13.2 Å². The van der Waals surface area contributed by atoms with Crippen molar-refractivity contribution < 1.29 is 9.53 Å². The molecule has 0 aromatic carbocycles. The van der Waals surface area contributed by atoms with E-state index in [1.54, 1.807) is 6.07 Å². The lowest BCUT2D eigenvalue weighted by molar-refractivity contribution is 0.0948. The van der Waals surface area contributed by atoms with Crippen molar-refractivity contribution in [2.45, 2.75) is 13.3 Å². The van der Waals surface area contributed by atoms with E-state index in [2.05, 4.69) is 20.2 Å². The number of aromatic nitrogens is 2. The monoisotopic (exact) mass is 250 g/mol. The Morgan fingerprint density at radius 3 is 2.94 bits per heavy atom. The molecule has 18 heavy (non-hydrogen) atoms. The van der Waals surface area contributed by atoms with E-state index in [9.17, 15) is 4.79 Å². The largest absolute Gasteiger partial charge is 0.378 e. The number of amides is 1. The van der Waals surface area contributed by atoms with E-state index in [-0.39, 0.29) is 5.91 Å². The van der Waals surface area contributed by atoms with Crippen molar-refractivity contribution in [1.82, 2.24) is 15.3 Å². The summed E-state index contributed by atoms with van der Waals surface area (Å²) in [6, 6.07) is 1.73. The van der Waals surface area contributed by atoms with Crippen molar-refractivity contribution in [2.75, 3.05) is 37.7 Å². The zero-order valence-electron chi connectivity index (χ0n) is 10.6. The van der Waals surface area contributed by atoms with Crippen LogP contribution in [0.15, 0.2) is 12.4 Å². The molecule has 0 atom stereocenters. The Labute approximate surface area is 106 Å². The Morgan fingerprint density at radius 1 is 1.44 bits per heavy atom. The van der Waals surface area contributed by atoms with Crippen LogP contribution in [0.4, 0.5) is 5.82 Å². The van der Waals surface area contributed by atoms with Gasteiger partial charge in [-0.2, -0.15) is 0 Å². The molecule has 98 valence electrons. The number of nitrogens with zero attached hydrogens (tertiary/aromatic N) is 3. The Kier molecular flexibility index (Phi) is 4.46. The quantitative estimate of drug-likeness (QED) is 0.840. The molecule has 0 aliphatic carbocycles. The van der Waals surface area contributed by atoms with E-state index in [1.807, 2.05) is 6.92 Å². The van der Waals surface area contributed by atoms with Gasteiger partial charge in [0.25, 0.3) is 5.91 Å². The Bertz CT molecular complexity index is 405. The molecule has 1 N–H and O–H groups in total. The summed E-state index contributed by atoms with van der Waals surface area (Å²) >= 11 is 0. The fourth-order valence-electron chi connectivity index (χ4n) is 1.77. The number of hydrogen-bond donors (Lipinski definition) is 1. The number of hydrogen-bond acceptors (Lipinski definition) is 5. The summed E-state index contributed by atoms with van der Waals surface area (Å²) in [5.41, 5.74) is 0.417. The molecule has 1 aliphatic rings. The lowest BCUT2D eigenvalue weighted by atomic mass is 10.3. The van der Waals surface area contributed by atoms with Crippen molar-refractivity contribution in [3.63, 3.8) is 0 Å². The van der Waals surface area contributed by atoms with Gasteiger partial charge in [-0.25, -0.2) is 9.97 Å². The molecule has 0 spiro atoms. The fraction of sp³-hybridized carbons (Fsp3) is 0.583. The average Bonchev–Trinajstić information content (AvgIpc) is 2.46. The van der Waals surface area contributed by atoms with E-state index in [4.69, 9.17) is 4.74 Å². The molecule has 1 amide bonds. The maximum atomic E-state index is 11.8. The van der Waals surface area contributed by atoms with Crippen molar-refractivity contribution in [2.24, 2.45) is 0 Å². The second-order valence-corrected chi connectivity index (χ2v) is 4.12. The first kappa shape index (κ1) is 12.8. The molecule has 0 saturated carbocycles. The van der Waals surface area contributed by atoms with Crippen LogP contribution in [-0.2, 0) is 4.74 Å². The molecule has 1 saturated heterocycles. The number of nitrogens with one attached hydrogen (secondary N) is 1. The van der Waals surface area contributed by atoms with Gasteiger partial charge < -0.3 is 15.0 Å². The first-order valence-electron chi connectivity index (χ1n) is 6.24. The van der Waals surface area contributed by atoms with E-state index in [0.29, 0.717) is 25.5 Å². The summed E-state index contributed by atoms with van der Waals surface area (Å²) in [6.45, 7) is 5.66. The van der Waals surface area contributed by atoms with Crippen LogP contribution < -0.4 is 10.2 Å². The van der Waals surface area contributed by atoms with Crippen LogP contribution >= 0.6 is 0 Å². The molecule has 1 fully saturated rings. The van der Waals surface area contributed by atoms with E-state index in [1.165, 1.54) is 6.33 Å². The molecule has 0 bridgehead atoms. The molecule has 0 unspecified atom stereocenters. The highest BCUT2D eigenvalue weighted by Crippen LogP contribution is 2.12. The standard InChI is InChI=1S/C12H18N4O2/c1-2-3-13-12(17)10-8-11(15-9-14-10)16-4-6-18-7-5-16/h8-9H,2-7H2,1H3,(H,13,17). The van der Waals surface area contributed by atoms with Crippen LogP contribution in [0.25, 0.3) is 0 Å². The minimum Gasteiger partial charge on any atom is -0.378 e. The van der Waals surface area contributed by atoms with Crippen molar-refractivity contribution in [1.29, 1.82) is 0 Å². The van der Waals surface area contributed by atoms with Gasteiger partial charge in [-0.15, -0.1) is 0 Å². The van der Waals surface area contributed by atoms with Gasteiger partial charge in [0, 0.05) is 25.7 Å². The smallest absolute Gasteiger partial charge is 0.270 e. The maximum Gasteiger partial charge on any atom is 0.270 e. The van der Waals surface area contributed by atoms with Crippen LogP contribution in [0, 0.1) is 0 Å². The predicted molar refractivity (Wildman–Crippen MR) is 67.7 cm³/mol. The van der Waals surface area contributed by atoms with E-state index in [0.717, 1.165) is 25.3 Å². The third-order valence-electron chi connectivity index (χ3n) is 2.76. The molecule has 6 nitrogen and oxygen atoms in total. The topological polar surface area (TPSA) is 67.4 Å². The molecular weight excluding hydrogens is 232 g/mol. The van der Waals surface area contributed by atoms with Crippen LogP contribution in [0.5, 0.6) is 0 Å². The van der Waals surface area contributed by atoms with Gasteiger partial charge in [0.15, 0.2) is 0 Å². The number of ether oxygens (including phenoxy) is 1. The average molecular weight is 250 g/mol. The van der Waals surface area contributed by atoms with Crippen LogP contribution in [-0.4, -0.2) is 48.7 Å². The van der Waals surface area contributed by atoms with Gasteiger partial charge in [-0.3, -0.25) is 4.79 Å². The highest BCUT2D eigenvalue weighted by Gasteiger charge is 2.15. The molecule has 6 heteroatoms. The summed E-state index contributed by atoms with van der Waals surface area (Å²) < 4.78 is 5.29. The predicted octanol–water partition coefficient (Wildman–Crippen LogP) is 0.453. The third kappa shape index (κ3) is 3.16. The Hall–Kier alpha value is -1.69. The van der Waals surface area contributed by atoms with E-state index < -0.39 is 0 Å². The second kappa shape index (κ2) is 6.30. The molecule has 2 rings (SSSR count). The minimum absolute atomic E-state index is 0.145. The van der Waals surface area contributed by atoms with Crippen molar-refractivity contribution in [3.8, 4) is 0 Å². The number of morpholine rings is 1. The Morgan fingerprint density at radius 2 is 2.22 bits per heavy atom. The minimum atomic E-state index is -0.145. The first-order valence-corrected chi connectivity index (χ1v) is 6.24. The van der Waals surface area contributed by atoms with Crippen LogP contribution in [0.3, 0.4) is 0 Å². The number of rotatable bonds is 4. The summed E-state index contributed by atoms with van der Waals surface area (Å²) in [6.07, 6.45) is 2.35. The van der Waals surface area contributed by atoms with Gasteiger partial charge in [-0.1, -0.05) is 6.92 Å². The van der Waals surface area contributed by atoms with Crippen LogP contribution in [0.2, 0.25) is 0 Å². The van der Waals surface area contributed by atoms with Gasteiger partial charge in [0.2, 0.25) is 0 Å². The zero-order chi connectivity index (χ0) is 12.8. The number of anilines is 1. The van der Waals surface area contributed by atoms with Gasteiger partial charge in [-0.05, 0) is 6.42 Å². The van der Waals surface area contributed by atoms with Crippen molar-refractivity contribution >= 4 is 11.7 Å². The summed E-state index contributed by atoms with van der Waals surface area (Å²) in [4.78, 5) is 22.1. The summed E-state index contributed by atoms with van der Waals surface area (Å²) in [5.74, 6) is 0.642. The lowest BCUT2D eigenvalue weighted by Crippen LogP contribution is -2.37. The second-order valence-electron chi connectivity index (χ2n) is 4.12. The molecule has 1 aromatic rings. The molecule has 1 aromatic heterocycles. The SMILES string of the molecule is CCCNC(=O)c1cc(N2CCOCC2)ncn1. The summed E-state index contributed by atoms with van der Waals surface area (Å²) in [7, 11) is 0. The fourth-order valence-corrected chi connectivity index (χ4v) is 1.77. The first-order chi connectivity index (χ1) is 8.81. The third-order valence-corrected chi connectivity index (χ3v) is 2.76. The maximum absolute atomic E-state index is 11.8. The summed E-state index contributed by atoms with van der Waals surface area (Å²) in [5, 5.41) is 2.81. The molecular formula is C12H18N4O2. The normalized spacial score (nSPS) is 15.5. The lowest BCUT2D eigenvalue weighted by Gasteiger charge is -2.27. The number of carbonyl (C=O) groups is 1.